The van der Waals surface area contributed by atoms with Crippen LogP contribution in [0.15, 0.2) is 91.3 Å². The van der Waals surface area contributed by atoms with Crippen molar-refractivity contribution in [3.8, 4) is 0 Å². The Hall–Kier alpha value is -12.5. The molecule has 2 heterocycles. The topological polar surface area (TPSA) is 638 Å². The number of hydrogen-bond acceptors (Lipinski definition) is 18. The molecule has 0 bridgehead atoms. The molecule has 0 fully saturated rings. The van der Waals surface area contributed by atoms with Gasteiger partial charge in [0.25, 0.3) is 0 Å². The number of carboxylic acid groups (broad SMARTS) is 3. The lowest BCUT2D eigenvalue weighted by atomic mass is 9.97. The van der Waals surface area contributed by atoms with Gasteiger partial charge in [0.15, 0.2) is 5.96 Å². The first-order valence-corrected chi connectivity index (χ1v) is 36.9. The van der Waals surface area contributed by atoms with Gasteiger partial charge in [-0.3, -0.25) is 77.3 Å². The van der Waals surface area contributed by atoms with E-state index in [1.54, 1.807) is 119 Å². The lowest BCUT2D eigenvalue weighted by molar-refractivity contribution is -0.143. The van der Waals surface area contributed by atoms with Crippen LogP contribution in [0.4, 0.5) is 0 Å². The molecule has 0 aliphatic carbocycles. The maximum atomic E-state index is 15.2. The molecule has 13 amide bonds. The molecule has 0 unspecified atom stereocenters. The van der Waals surface area contributed by atoms with Gasteiger partial charge in [-0.2, -0.15) is 0 Å². The van der Waals surface area contributed by atoms with Crippen LogP contribution >= 0.6 is 0 Å². The monoisotopic (exact) mass is 1580 g/mol. The van der Waals surface area contributed by atoms with Crippen LogP contribution in [0.3, 0.4) is 0 Å². The minimum Gasteiger partial charge on any atom is -0.481 e. The Balaban J connectivity index is 1.41. The van der Waals surface area contributed by atoms with Gasteiger partial charge < -0.3 is 112 Å². The maximum Gasteiger partial charge on any atom is 0.326 e. The fourth-order valence-corrected chi connectivity index (χ4v) is 12.1. The average Bonchev–Trinajstić information content (AvgIpc) is 1.72. The number of amides is 13. The number of aliphatic carboxylic acids is 3. The van der Waals surface area contributed by atoms with Gasteiger partial charge in [0.1, 0.15) is 66.5 Å². The van der Waals surface area contributed by atoms with Crippen LogP contribution in [0, 0.1) is 23.2 Å². The van der Waals surface area contributed by atoms with Gasteiger partial charge >= 0.3 is 17.9 Å². The Labute approximate surface area is 650 Å². The molecule has 113 heavy (non-hydrogen) atoms. The molecule has 38 heteroatoms. The van der Waals surface area contributed by atoms with Crippen LogP contribution in [0.5, 0.6) is 0 Å². The second-order valence-electron chi connectivity index (χ2n) is 28.4. The highest BCUT2D eigenvalue weighted by Crippen LogP contribution is 2.23. The summed E-state index contributed by atoms with van der Waals surface area (Å²) < 4.78 is 0. The van der Waals surface area contributed by atoms with Crippen molar-refractivity contribution >= 4 is 122 Å². The number of carbonyl (C=O) groups is 16. The van der Waals surface area contributed by atoms with E-state index in [1.165, 1.54) is 13.8 Å². The summed E-state index contributed by atoms with van der Waals surface area (Å²) in [6.45, 7) is 10.9. The Morgan fingerprint density at radius 1 is 0.434 bits per heavy atom. The third kappa shape index (κ3) is 29.7. The zero-order chi connectivity index (χ0) is 83.9. The molecule has 13 atom stereocenters. The number of aromatic nitrogens is 2. The minimum atomic E-state index is -2.01. The molecule has 5 rings (SSSR count). The van der Waals surface area contributed by atoms with E-state index in [9.17, 15) is 87.2 Å². The number of nitrogens with two attached hydrogens (primary N) is 4. The Kier molecular flexibility index (Phi) is 35.8. The summed E-state index contributed by atoms with van der Waals surface area (Å²) >= 11 is 0. The third-order valence-corrected chi connectivity index (χ3v) is 18.5. The summed E-state index contributed by atoms with van der Waals surface area (Å²) in [5.41, 5.74) is 24.9. The average molecular weight is 1580 g/mol. The molecule has 0 radical (unpaired) electrons. The summed E-state index contributed by atoms with van der Waals surface area (Å²) in [4.78, 5) is 225. The van der Waals surface area contributed by atoms with Crippen LogP contribution in [-0.2, 0) is 96.0 Å². The molecule has 38 nitrogen and oxygen atoms in total. The van der Waals surface area contributed by atoms with Crippen LogP contribution in [0.25, 0.3) is 21.8 Å². The second kappa shape index (κ2) is 44.4. The number of fused-ring (bicyclic) bond motifs is 2. The van der Waals surface area contributed by atoms with E-state index in [4.69, 9.17) is 28.3 Å². The van der Waals surface area contributed by atoms with Gasteiger partial charge in [-0.25, -0.2) is 4.79 Å². The van der Waals surface area contributed by atoms with Crippen LogP contribution < -0.4 is 86.7 Å². The fraction of sp³-hybridized carbons (Fsp3) is 0.480. The van der Waals surface area contributed by atoms with E-state index in [2.05, 4.69) is 73.8 Å². The van der Waals surface area contributed by atoms with Gasteiger partial charge in [-0.15, -0.1) is 0 Å². The number of rotatable bonds is 48. The highest BCUT2D eigenvalue weighted by molar-refractivity contribution is 6.01. The van der Waals surface area contributed by atoms with Crippen molar-refractivity contribution in [3.05, 3.63) is 108 Å². The van der Waals surface area contributed by atoms with E-state index in [1.807, 2.05) is 0 Å². The number of H-pyrrole nitrogens is 2. The number of primary amides is 2. The van der Waals surface area contributed by atoms with Crippen molar-refractivity contribution in [1.29, 1.82) is 5.41 Å². The largest absolute Gasteiger partial charge is 0.481 e. The zero-order valence-corrected chi connectivity index (χ0v) is 63.9. The van der Waals surface area contributed by atoms with Crippen molar-refractivity contribution < 1.29 is 92.0 Å². The number of carboxylic acids is 3. The van der Waals surface area contributed by atoms with Gasteiger partial charge in [-0.05, 0) is 85.6 Å². The first-order chi connectivity index (χ1) is 53.3. The molecule has 0 aliphatic rings. The molecule has 0 saturated heterocycles. The van der Waals surface area contributed by atoms with E-state index >= 15 is 4.79 Å². The third-order valence-electron chi connectivity index (χ3n) is 18.5. The predicted molar refractivity (Wildman–Crippen MR) is 411 cm³/mol. The van der Waals surface area contributed by atoms with Crippen molar-refractivity contribution in [2.75, 3.05) is 6.54 Å². The normalized spacial score (nSPS) is 14.7. The lowest BCUT2D eigenvalue weighted by Crippen LogP contribution is -2.61. The molecule has 3 aromatic carbocycles. The van der Waals surface area contributed by atoms with Gasteiger partial charge in [-0.1, -0.05) is 115 Å². The molecule has 2 aromatic heterocycles. The fourth-order valence-electron chi connectivity index (χ4n) is 12.1. The summed E-state index contributed by atoms with van der Waals surface area (Å²) in [5, 5.41) is 69.1. The smallest absolute Gasteiger partial charge is 0.326 e. The second-order valence-corrected chi connectivity index (χ2v) is 28.4. The highest BCUT2D eigenvalue weighted by atomic mass is 16.4. The van der Waals surface area contributed by atoms with Gasteiger partial charge in [0.2, 0.25) is 76.8 Å². The summed E-state index contributed by atoms with van der Waals surface area (Å²) in [6, 6.07) is 2.58. The van der Waals surface area contributed by atoms with Gasteiger partial charge in [0.05, 0.1) is 18.9 Å². The van der Waals surface area contributed by atoms with Gasteiger partial charge in [0, 0.05) is 72.8 Å². The van der Waals surface area contributed by atoms with Crippen molar-refractivity contribution in [3.63, 3.8) is 0 Å². The Morgan fingerprint density at radius 2 is 0.832 bits per heavy atom. The molecule has 0 saturated carbocycles. The molecule has 5 aromatic rings. The first kappa shape index (κ1) is 91.1. The van der Waals surface area contributed by atoms with E-state index in [0.717, 1.165) is 6.92 Å². The minimum absolute atomic E-state index is 0.0301. The molecule has 26 N–H and O–H groups in total. The maximum absolute atomic E-state index is 15.2. The number of nitrogens with one attached hydrogen (secondary N) is 15. The zero-order valence-electron chi connectivity index (χ0n) is 63.9. The molecule has 0 spiro atoms. The Bertz CT molecular complexity index is 4220. The predicted octanol–water partition coefficient (Wildman–Crippen LogP) is -2.07. The molecule has 0 aliphatic heterocycles. The van der Waals surface area contributed by atoms with Crippen molar-refractivity contribution in [2.45, 2.75) is 204 Å². The lowest BCUT2D eigenvalue weighted by Gasteiger charge is -2.29. The summed E-state index contributed by atoms with van der Waals surface area (Å²) in [7, 11) is 0. The molecule has 614 valence electrons. The Morgan fingerprint density at radius 3 is 1.30 bits per heavy atom. The van der Waals surface area contributed by atoms with E-state index in [0.29, 0.717) is 38.5 Å². The van der Waals surface area contributed by atoms with Crippen molar-refractivity contribution in [1.82, 2.24) is 73.8 Å². The number of guanidine groups is 1. The van der Waals surface area contributed by atoms with E-state index in [-0.39, 0.29) is 70.3 Å². The van der Waals surface area contributed by atoms with Crippen molar-refractivity contribution in [2.24, 2.45) is 40.7 Å². The number of benzene rings is 3. The van der Waals surface area contributed by atoms with Crippen LogP contribution in [0.1, 0.15) is 129 Å². The molecular formula is C75H105N19O19. The first-order valence-electron chi connectivity index (χ1n) is 36.9. The standard InChI is InChI=1S/C75H105N19O19/c1-8-39(6)62(94-64(102)46(76)24-26-57(77)95)73(111)91-55(34-60(99)100)71(109)85-49(23-16-28-81-75(79)80)65(103)88-52(31-42-35-82-47-21-14-12-19-44(42)47)69(107)87-51(30-41-17-10-9-11-18-41)68(106)90-54(33-59(97)98)67(105)84-40(7)63(101)93-61(38(4)5)72(110)86-50(25-27-58(78)96)66(104)89-53(70(108)92-56(74(112)113)29-37(2)3)32-43-36-83-48-22-15-13-20-45(43)48/h9-15,17-22,35-40,46,49-56,61-62,82-83H,8,16,23-34,76H2,1-7H3,(H2,77,95)(H2,78,96)(H,84,105)(H,85,109)(H,86,110)(H,87,107)(H,88,103)(H,89,104)(H,90,106)(H,91,111)(H,92,108)(H,93,101)(H,94,102)(H,97,98)(H,99,100)(H,112,113)(H4,79,80,81)/t39-,40-,46-,49-,50-,51-,52-,53-,54-,55-,56-,61-,62-/m0/s1. The van der Waals surface area contributed by atoms with Crippen LogP contribution in [0.2, 0.25) is 0 Å². The summed E-state index contributed by atoms with van der Waals surface area (Å²) in [5.74, 6) is -19.9. The SMILES string of the molecule is CC[C@H](C)[C@H](NC(=O)[C@@H](N)CCC(N)=O)C(=O)N[C@@H](CC(=O)O)C(=O)N[C@@H](CCCNC(=N)N)C(=O)N[C@@H](Cc1c[nH]c2ccccc12)C(=O)N[C@@H](Cc1ccccc1)C(=O)N[C@@H](CC(=O)O)C(=O)N[C@@H](C)C(=O)N[C@H](C(=O)N[C@@H](CCC(N)=O)C(=O)N[C@@H](Cc1c[nH]c2ccccc12)C(=O)N[C@@H](CC(C)C)C(=O)O)C(C)C. The van der Waals surface area contributed by atoms with E-state index < -0.39 is 211 Å². The quantitative estimate of drug-likeness (QED) is 0.0113. The number of carbonyl (C=O) groups excluding carboxylic acids is 13. The highest BCUT2D eigenvalue weighted by Gasteiger charge is 2.39. The summed E-state index contributed by atoms with van der Waals surface area (Å²) in [6.07, 6.45) is -1.30. The number of para-hydroxylation sites is 2. The number of aromatic amines is 2. The number of hydrogen-bond donors (Lipinski definition) is 22. The molecular weight excluding hydrogens is 1470 g/mol. The van der Waals surface area contributed by atoms with Crippen LogP contribution in [-0.4, -0.2) is 205 Å².